The van der Waals surface area contributed by atoms with E-state index in [1.54, 1.807) is 24.3 Å². The Labute approximate surface area is 101 Å². The molecule has 0 radical (unpaired) electrons. The molecular weight excluding hydrogens is 224 g/mol. The van der Waals surface area contributed by atoms with Crippen LogP contribution in [0.5, 0.6) is 0 Å². The van der Waals surface area contributed by atoms with Crippen LogP contribution in [0.1, 0.15) is 23.7 Å². The number of rotatable bonds is 5. The van der Waals surface area contributed by atoms with Gasteiger partial charge in [-0.3, -0.25) is 0 Å². The maximum absolute atomic E-state index is 11.5. The zero-order chi connectivity index (χ0) is 12.0. The van der Waals surface area contributed by atoms with Crippen LogP contribution in [-0.2, 0) is 4.74 Å². The Balaban J connectivity index is 2.41. The second-order valence-corrected chi connectivity index (χ2v) is 4.08. The van der Waals surface area contributed by atoms with Gasteiger partial charge < -0.3 is 4.74 Å². The largest absolute Gasteiger partial charge is 0.462 e. The Hall–Kier alpha value is -1.28. The standard InChI is InChI=1S/C13H15ClO2/c1-3-10(2)8-9-16-13(15)11-4-6-12(14)7-5-11/h3-7,10H,1,8-9H2,2H3. The van der Waals surface area contributed by atoms with Crippen molar-refractivity contribution in [3.63, 3.8) is 0 Å². The number of hydrogen-bond acceptors (Lipinski definition) is 2. The van der Waals surface area contributed by atoms with Crippen molar-refractivity contribution in [2.75, 3.05) is 6.61 Å². The van der Waals surface area contributed by atoms with Gasteiger partial charge in [-0.1, -0.05) is 24.6 Å². The second kappa shape index (κ2) is 6.33. The van der Waals surface area contributed by atoms with E-state index in [0.29, 0.717) is 23.1 Å². The first-order valence-electron chi connectivity index (χ1n) is 5.18. The molecule has 3 heteroatoms. The second-order valence-electron chi connectivity index (χ2n) is 3.64. The third-order valence-electron chi connectivity index (χ3n) is 2.29. The van der Waals surface area contributed by atoms with E-state index >= 15 is 0 Å². The molecule has 16 heavy (non-hydrogen) atoms. The minimum atomic E-state index is -0.312. The van der Waals surface area contributed by atoms with Crippen molar-refractivity contribution in [2.24, 2.45) is 5.92 Å². The molecule has 1 rings (SSSR count). The molecule has 0 amide bonds. The molecule has 1 atom stereocenters. The lowest BCUT2D eigenvalue weighted by molar-refractivity contribution is 0.0491. The summed E-state index contributed by atoms with van der Waals surface area (Å²) in [5.74, 6) is 0.0472. The van der Waals surface area contributed by atoms with Crippen LogP contribution in [0.15, 0.2) is 36.9 Å². The number of halogens is 1. The molecule has 2 nitrogen and oxygen atoms in total. The van der Waals surface area contributed by atoms with Crippen LogP contribution in [0.25, 0.3) is 0 Å². The summed E-state index contributed by atoms with van der Waals surface area (Å²) >= 11 is 5.72. The van der Waals surface area contributed by atoms with Crippen molar-refractivity contribution in [3.05, 3.63) is 47.5 Å². The van der Waals surface area contributed by atoms with Crippen LogP contribution in [0.4, 0.5) is 0 Å². The molecular formula is C13H15ClO2. The topological polar surface area (TPSA) is 26.3 Å². The van der Waals surface area contributed by atoms with E-state index in [1.807, 2.05) is 13.0 Å². The number of hydrogen-bond donors (Lipinski definition) is 0. The zero-order valence-corrected chi connectivity index (χ0v) is 10.0. The Morgan fingerprint density at radius 1 is 1.50 bits per heavy atom. The molecule has 1 unspecified atom stereocenters. The quantitative estimate of drug-likeness (QED) is 0.578. The fraction of sp³-hybridized carbons (Fsp3) is 0.308. The van der Waals surface area contributed by atoms with Gasteiger partial charge in [0.2, 0.25) is 0 Å². The van der Waals surface area contributed by atoms with Gasteiger partial charge in [0.1, 0.15) is 0 Å². The zero-order valence-electron chi connectivity index (χ0n) is 9.28. The van der Waals surface area contributed by atoms with Crippen molar-refractivity contribution < 1.29 is 9.53 Å². The number of carbonyl (C=O) groups is 1. The van der Waals surface area contributed by atoms with Crippen molar-refractivity contribution in [1.82, 2.24) is 0 Å². The van der Waals surface area contributed by atoms with Gasteiger partial charge in [-0.15, -0.1) is 6.58 Å². The maximum atomic E-state index is 11.5. The van der Waals surface area contributed by atoms with Crippen LogP contribution in [0, 0.1) is 5.92 Å². The fourth-order valence-electron chi connectivity index (χ4n) is 1.12. The summed E-state index contributed by atoms with van der Waals surface area (Å²) in [5, 5.41) is 0.608. The van der Waals surface area contributed by atoms with Crippen LogP contribution in [0.3, 0.4) is 0 Å². The van der Waals surface area contributed by atoms with E-state index in [1.165, 1.54) is 0 Å². The lowest BCUT2D eigenvalue weighted by Crippen LogP contribution is -2.08. The number of esters is 1. The molecule has 0 bridgehead atoms. The van der Waals surface area contributed by atoms with E-state index in [9.17, 15) is 4.79 Å². The number of allylic oxidation sites excluding steroid dienone is 1. The lowest BCUT2D eigenvalue weighted by Gasteiger charge is -2.07. The summed E-state index contributed by atoms with van der Waals surface area (Å²) in [7, 11) is 0. The van der Waals surface area contributed by atoms with Gasteiger partial charge in [0, 0.05) is 5.02 Å². The molecule has 0 aliphatic heterocycles. The average Bonchev–Trinajstić information content (AvgIpc) is 2.29. The summed E-state index contributed by atoms with van der Waals surface area (Å²) in [6, 6.07) is 6.65. The minimum absolute atomic E-state index is 0.312. The maximum Gasteiger partial charge on any atom is 0.338 e. The molecule has 0 aliphatic carbocycles. The van der Waals surface area contributed by atoms with E-state index in [-0.39, 0.29) is 5.97 Å². The normalized spacial score (nSPS) is 11.9. The molecule has 0 spiro atoms. The van der Waals surface area contributed by atoms with Gasteiger partial charge in [0.25, 0.3) is 0 Å². The van der Waals surface area contributed by atoms with Gasteiger partial charge in [-0.25, -0.2) is 4.79 Å². The van der Waals surface area contributed by atoms with Gasteiger partial charge in [0.05, 0.1) is 12.2 Å². The van der Waals surface area contributed by atoms with Gasteiger partial charge in [-0.2, -0.15) is 0 Å². The molecule has 0 heterocycles. The van der Waals surface area contributed by atoms with Gasteiger partial charge >= 0.3 is 5.97 Å². The fourth-order valence-corrected chi connectivity index (χ4v) is 1.25. The molecule has 0 saturated carbocycles. The summed E-state index contributed by atoms with van der Waals surface area (Å²) in [4.78, 5) is 11.5. The third kappa shape index (κ3) is 4.07. The summed E-state index contributed by atoms with van der Waals surface area (Å²) in [6.07, 6.45) is 2.64. The smallest absolute Gasteiger partial charge is 0.338 e. The molecule has 86 valence electrons. The van der Waals surface area contributed by atoms with Crippen molar-refractivity contribution >= 4 is 17.6 Å². The van der Waals surface area contributed by atoms with Crippen molar-refractivity contribution in [2.45, 2.75) is 13.3 Å². The average molecular weight is 239 g/mol. The highest BCUT2D eigenvalue weighted by molar-refractivity contribution is 6.30. The summed E-state index contributed by atoms with van der Waals surface area (Å²) < 4.78 is 5.11. The van der Waals surface area contributed by atoms with E-state index in [4.69, 9.17) is 16.3 Å². The van der Waals surface area contributed by atoms with Gasteiger partial charge in [0.15, 0.2) is 0 Å². The van der Waals surface area contributed by atoms with Crippen LogP contribution in [0.2, 0.25) is 5.02 Å². The molecule has 1 aromatic carbocycles. The first-order valence-corrected chi connectivity index (χ1v) is 5.56. The highest BCUT2D eigenvalue weighted by Gasteiger charge is 2.06. The Kier molecular flexibility index (Phi) is 5.06. The lowest BCUT2D eigenvalue weighted by atomic mass is 10.1. The molecule has 0 aliphatic rings. The molecule has 1 aromatic rings. The predicted octanol–water partition coefficient (Wildman–Crippen LogP) is 3.71. The van der Waals surface area contributed by atoms with E-state index in [0.717, 1.165) is 6.42 Å². The third-order valence-corrected chi connectivity index (χ3v) is 2.54. The monoisotopic (exact) mass is 238 g/mol. The van der Waals surface area contributed by atoms with Crippen molar-refractivity contribution in [1.29, 1.82) is 0 Å². The highest BCUT2D eigenvalue weighted by atomic mass is 35.5. The van der Waals surface area contributed by atoms with Gasteiger partial charge in [-0.05, 0) is 36.6 Å². The van der Waals surface area contributed by atoms with E-state index < -0.39 is 0 Å². The Morgan fingerprint density at radius 2 is 2.12 bits per heavy atom. The number of benzene rings is 1. The van der Waals surface area contributed by atoms with Crippen LogP contribution < -0.4 is 0 Å². The first-order chi connectivity index (χ1) is 7.63. The van der Waals surface area contributed by atoms with E-state index in [2.05, 4.69) is 6.58 Å². The molecule has 0 aromatic heterocycles. The number of ether oxygens (including phenoxy) is 1. The molecule has 0 N–H and O–H groups in total. The summed E-state index contributed by atoms with van der Waals surface area (Å²) in [5.41, 5.74) is 0.524. The Morgan fingerprint density at radius 3 is 2.69 bits per heavy atom. The minimum Gasteiger partial charge on any atom is -0.462 e. The SMILES string of the molecule is C=CC(C)CCOC(=O)c1ccc(Cl)cc1. The summed E-state index contributed by atoms with van der Waals surface area (Å²) in [6.45, 7) is 6.11. The molecule has 0 fully saturated rings. The van der Waals surface area contributed by atoms with Crippen LogP contribution in [-0.4, -0.2) is 12.6 Å². The highest BCUT2D eigenvalue weighted by Crippen LogP contribution is 2.11. The number of carbonyl (C=O) groups excluding carboxylic acids is 1. The molecule has 0 saturated heterocycles. The van der Waals surface area contributed by atoms with Crippen LogP contribution >= 0.6 is 11.6 Å². The first kappa shape index (κ1) is 12.8. The predicted molar refractivity (Wildman–Crippen MR) is 65.7 cm³/mol. The Bertz CT molecular complexity index is 357. The van der Waals surface area contributed by atoms with Crippen molar-refractivity contribution in [3.8, 4) is 0 Å².